The van der Waals surface area contributed by atoms with E-state index in [9.17, 15) is 9.59 Å². The van der Waals surface area contributed by atoms with Gasteiger partial charge in [0.25, 0.3) is 5.24 Å². The fourth-order valence-electron chi connectivity index (χ4n) is 0.845. The summed E-state index contributed by atoms with van der Waals surface area (Å²) in [4.78, 5) is 25.5. The standard InChI is InChI=1S/C9H8ClNO3/c1-2-14-9(13)6-3-4-7(8(10)12)11-5-6/h3-5H,2H2,1H3. The molecule has 74 valence electrons. The fourth-order valence-corrected chi connectivity index (χ4v) is 0.957. The first-order chi connectivity index (χ1) is 6.65. The Bertz CT molecular complexity index is 348. The van der Waals surface area contributed by atoms with Gasteiger partial charge in [0, 0.05) is 6.20 Å². The van der Waals surface area contributed by atoms with Gasteiger partial charge in [0.1, 0.15) is 5.69 Å². The van der Waals surface area contributed by atoms with E-state index in [1.54, 1.807) is 6.92 Å². The maximum Gasteiger partial charge on any atom is 0.339 e. The molecule has 0 fully saturated rings. The van der Waals surface area contributed by atoms with Gasteiger partial charge in [-0.15, -0.1) is 0 Å². The largest absolute Gasteiger partial charge is 0.462 e. The lowest BCUT2D eigenvalue weighted by Gasteiger charge is -2.00. The molecule has 0 aliphatic carbocycles. The van der Waals surface area contributed by atoms with Gasteiger partial charge in [0.15, 0.2) is 0 Å². The zero-order chi connectivity index (χ0) is 10.6. The van der Waals surface area contributed by atoms with Crippen LogP contribution >= 0.6 is 11.6 Å². The molecule has 14 heavy (non-hydrogen) atoms. The second-order valence-corrected chi connectivity index (χ2v) is 2.77. The summed E-state index contributed by atoms with van der Waals surface area (Å²) in [5.74, 6) is -0.464. The van der Waals surface area contributed by atoms with E-state index in [1.165, 1.54) is 18.3 Å². The van der Waals surface area contributed by atoms with E-state index in [0.717, 1.165) is 0 Å². The van der Waals surface area contributed by atoms with Gasteiger partial charge in [-0.1, -0.05) is 0 Å². The molecule has 4 nitrogen and oxygen atoms in total. The van der Waals surface area contributed by atoms with Gasteiger partial charge >= 0.3 is 5.97 Å². The van der Waals surface area contributed by atoms with E-state index in [2.05, 4.69) is 4.98 Å². The summed E-state index contributed by atoms with van der Waals surface area (Å²) in [6.45, 7) is 2.01. The van der Waals surface area contributed by atoms with Crippen molar-refractivity contribution in [3.05, 3.63) is 29.6 Å². The molecule has 0 aromatic carbocycles. The Morgan fingerprint density at radius 1 is 1.50 bits per heavy atom. The first kappa shape index (κ1) is 10.7. The van der Waals surface area contributed by atoms with Crippen LogP contribution in [-0.4, -0.2) is 22.8 Å². The van der Waals surface area contributed by atoms with Crippen molar-refractivity contribution in [2.45, 2.75) is 6.92 Å². The van der Waals surface area contributed by atoms with E-state index in [4.69, 9.17) is 16.3 Å². The third-order valence-corrected chi connectivity index (χ3v) is 1.67. The molecule has 0 saturated heterocycles. The number of ether oxygens (including phenoxy) is 1. The summed E-state index contributed by atoms with van der Waals surface area (Å²) in [6, 6.07) is 2.82. The lowest BCUT2D eigenvalue weighted by Crippen LogP contribution is -2.06. The van der Waals surface area contributed by atoms with E-state index in [1.807, 2.05) is 0 Å². The van der Waals surface area contributed by atoms with E-state index in [-0.39, 0.29) is 5.69 Å². The van der Waals surface area contributed by atoms with Crippen LogP contribution in [-0.2, 0) is 4.74 Å². The molecule has 0 spiro atoms. The van der Waals surface area contributed by atoms with Crippen LogP contribution in [0.3, 0.4) is 0 Å². The molecule has 0 unspecified atom stereocenters. The number of hydrogen-bond acceptors (Lipinski definition) is 4. The smallest absolute Gasteiger partial charge is 0.339 e. The quantitative estimate of drug-likeness (QED) is 0.566. The lowest BCUT2D eigenvalue weighted by atomic mass is 10.2. The lowest BCUT2D eigenvalue weighted by molar-refractivity contribution is 0.0525. The molecule has 0 aliphatic heterocycles. The third-order valence-electron chi connectivity index (χ3n) is 1.48. The molecule has 1 aromatic rings. The highest BCUT2D eigenvalue weighted by atomic mass is 35.5. The van der Waals surface area contributed by atoms with Crippen molar-refractivity contribution < 1.29 is 14.3 Å². The minimum Gasteiger partial charge on any atom is -0.462 e. The van der Waals surface area contributed by atoms with E-state index < -0.39 is 11.2 Å². The minimum atomic E-state index is -0.652. The second-order valence-electron chi connectivity index (χ2n) is 2.43. The summed E-state index contributed by atoms with van der Waals surface area (Å²) in [6.07, 6.45) is 1.26. The Labute approximate surface area is 85.9 Å². The van der Waals surface area contributed by atoms with Gasteiger partial charge in [0.05, 0.1) is 12.2 Å². The predicted octanol–water partition coefficient (Wildman–Crippen LogP) is 1.64. The van der Waals surface area contributed by atoms with Crippen molar-refractivity contribution in [1.82, 2.24) is 4.98 Å². The van der Waals surface area contributed by atoms with Crippen LogP contribution in [0.2, 0.25) is 0 Å². The minimum absolute atomic E-state index is 0.111. The fraction of sp³-hybridized carbons (Fsp3) is 0.222. The summed E-state index contributed by atoms with van der Waals surface area (Å²) >= 11 is 5.18. The summed E-state index contributed by atoms with van der Waals surface area (Å²) in [5.41, 5.74) is 0.410. The number of pyridine rings is 1. The molecule has 0 aliphatic rings. The molecule has 0 amide bonds. The first-order valence-corrected chi connectivity index (χ1v) is 4.36. The van der Waals surface area contributed by atoms with Gasteiger partial charge in [-0.2, -0.15) is 0 Å². The summed E-state index contributed by atoms with van der Waals surface area (Å²) in [5, 5.41) is -0.652. The Morgan fingerprint density at radius 3 is 2.64 bits per heavy atom. The highest BCUT2D eigenvalue weighted by molar-refractivity contribution is 6.67. The maximum atomic E-state index is 11.1. The normalized spacial score (nSPS) is 9.57. The Hall–Kier alpha value is -1.42. The third kappa shape index (κ3) is 2.53. The molecule has 0 atom stereocenters. The summed E-state index contributed by atoms with van der Waals surface area (Å²) < 4.78 is 4.73. The van der Waals surface area contributed by atoms with Crippen LogP contribution in [0.25, 0.3) is 0 Å². The number of carbonyl (C=O) groups is 2. The number of hydrogen-bond donors (Lipinski definition) is 0. The van der Waals surface area contributed by atoms with Gasteiger partial charge in [-0.3, -0.25) is 9.78 Å². The molecule has 0 radical (unpaired) electrons. The molecular weight excluding hydrogens is 206 g/mol. The molecule has 0 saturated carbocycles. The Morgan fingerprint density at radius 2 is 2.21 bits per heavy atom. The van der Waals surface area contributed by atoms with Gasteiger partial charge in [-0.05, 0) is 30.7 Å². The van der Waals surface area contributed by atoms with Crippen molar-refractivity contribution in [3.8, 4) is 0 Å². The highest BCUT2D eigenvalue weighted by Crippen LogP contribution is 2.04. The van der Waals surface area contributed by atoms with Crippen LogP contribution in [0.1, 0.15) is 27.8 Å². The number of carbonyl (C=O) groups excluding carboxylic acids is 2. The summed E-state index contributed by atoms with van der Waals surface area (Å²) in [7, 11) is 0. The molecule has 1 aromatic heterocycles. The van der Waals surface area contributed by atoms with Crippen LogP contribution in [0.5, 0.6) is 0 Å². The van der Waals surface area contributed by atoms with Crippen molar-refractivity contribution >= 4 is 22.8 Å². The molecule has 1 rings (SSSR count). The van der Waals surface area contributed by atoms with E-state index in [0.29, 0.717) is 12.2 Å². The second kappa shape index (κ2) is 4.72. The van der Waals surface area contributed by atoms with Crippen LogP contribution < -0.4 is 0 Å². The molecule has 5 heteroatoms. The number of halogens is 1. The van der Waals surface area contributed by atoms with Crippen molar-refractivity contribution in [2.24, 2.45) is 0 Å². The average Bonchev–Trinajstić information content (AvgIpc) is 2.18. The van der Waals surface area contributed by atoms with Crippen molar-refractivity contribution in [2.75, 3.05) is 6.61 Å². The van der Waals surface area contributed by atoms with E-state index >= 15 is 0 Å². The van der Waals surface area contributed by atoms with Crippen molar-refractivity contribution in [1.29, 1.82) is 0 Å². The SMILES string of the molecule is CCOC(=O)c1ccc(C(=O)Cl)nc1. The molecule has 1 heterocycles. The number of esters is 1. The number of rotatable bonds is 3. The van der Waals surface area contributed by atoms with Crippen LogP contribution in [0.4, 0.5) is 0 Å². The first-order valence-electron chi connectivity index (χ1n) is 3.98. The molecular formula is C9H8ClNO3. The average molecular weight is 214 g/mol. The van der Waals surface area contributed by atoms with Crippen LogP contribution in [0.15, 0.2) is 18.3 Å². The zero-order valence-electron chi connectivity index (χ0n) is 7.49. The Kier molecular flexibility index (Phi) is 3.59. The topological polar surface area (TPSA) is 56.3 Å². The van der Waals surface area contributed by atoms with Gasteiger partial charge in [0.2, 0.25) is 0 Å². The Balaban J connectivity index is 2.83. The molecule has 0 N–H and O–H groups in total. The van der Waals surface area contributed by atoms with Gasteiger partial charge < -0.3 is 4.74 Å². The zero-order valence-corrected chi connectivity index (χ0v) is 8.25. The van der Waals surface area contributed by atoms with Crippen molar-refractivity contribution in [3.63, 3.8) is 0 Å². The van der Waals surface area contributed by atoms with Crippen LogP contribution in [0, 0.1) is 0 Å². The predicted molar refractivity (Wildman–Crippen MR) is 50.4 cm³/mol. The molecule has 0 bridgehead atoms. The maximum absolute atomic E-state index is 11.1. The number of nitrogens with zero attached hydrogens (tertiary/aromatic N) is 1. The van der Waals surface area contributed by atoms with Gasteiger partial charge in [-0.25, -0.2) is 4.79 Å². The highest BCUT2D eigenvalue weighted by Gasteiger charge is 2.08. The number of aromatic nitrogens is 1. The monoisotopic (exact) mass is 213 g/mol.